The third-order valence-electron chi connectivity index (χ3n) is 4.38. The monoisotopic (exact) mass is 283 g/mol. The van der Waals surface area contributed by atoms with Gasteiger partial charge in [-0.15, -0.1) is 0 Å². The summed E-state index contributed by atoms with van der Waals surface area (Å²) in [6.07, 6.45) is 4.71. The molecule has 0 saturated carbocycles. The first-order valence-corrected chi connectivity index (χ1v) is 7.50. The Bertz CT molecular complexity index is 700. The summed E-state index contributed by atoms with van der Waals surface area (Å²) < 4.78 is 2.32. The number of nitrogens with zero attached hydrogens (tertiary/aromatic N) is 2. The van der Waals surface area contributed by atoms with Crippen LogP contribution in [0.4, 0.5) is 0 Å². The van der Waals surface area contributed by atoms with Crippen molar-refractivity contribution in [3.8, 4) is 0 Å². The predicted octanol–water partition coefficient (Wildman–Crippen LogP) is 2.53. The lowest BCUT2D eigenvalue weighted by Gasteiger charge is -2.16. The van der Waals surface area contributed by atoms with Crippen LogP contribution in [0, 0.1) is 13.8 Å². The zero-order valence-electron chi connectivity index (χ0n) is 12.6. The molecule has 4 nitrogen and oxygen atoms in total. The highest BCUT2D eigenvalue weighted by Crippen LogP contribution is 2.24. The molecule has 2 aromatic rings. The van der Waals surface area contributed by atoms with Gasteiger partial charge < -0.3 is 10.3 Å². The molecule has 2 N–H and O–H groups in total. The van der Waals surface area contributed by atoms with Crippen LogP contribution in [-0.2, 0) is 19.4 Å². The van der Waals surface area contributed by atoms with E-state index in [4.69, 9.17) is 10.7 Å². The molecule has 0 aliphatic heterocycles. The molecule has 0 saturated heterocycles. The molecule has 1 heterocycles. The van der Waals surface area contributed by atoms with Gasteiger partial charge in [0.05, 0.1) is 5.69 Å². The minimum Gasteiger partial charge on any atom is -0.366 e. The number of carbonyl (C=O) groups is 1. The average molecular weight is 283 g/mol. The Hall–Kier alpha value is -2.10. The van der Waals surface area contributed by atoms with Crippen molar-refractivity contribution in [3.05, 3.63) is 52.1 Å². The minimum absolute atomic E-state index is 0.374. The van der Waals surface area contributed by atoms with Crippen molar-refractivity contribution in [2.45, 2.75) is 46.1 Å². The Kier molecular flexibility index (Phi) is 3.53. The Labute approximate surface area is 125 Å². The van der Waals surface area contributed by atoms with Crippen LogP contribution in [0.2, 0.25) is 0 Å². The lowest BCUT2D eigenvalue weighted by atomic mass is 10.0. The summed E-state index contributed by atoms with van der Waals surface area (Å²) in [5, 5.41) is 0. The lowest BCUT2D eigenvalue weighted by molar-refractivity contribution is 0.1000. The van der Waals surface area contributed by atoms with Crippen molar-refractivity contribution in [1.29, 1.82) is 0 Å². The van der Waals surface area contributed by atoms with Crippen LogP contribution < -0.4 is 5.73 Å². The normalized spacial score (nSPS) is 14.0. The Morgan fingerprint density at radius 1 is 1.29 bits per heavy atom. The van der Waals surface area contributed by atoms with Gasteiger partial charge in [-0.1, -0.05) is 6.07 Å². The molecule has 1 aliphatic rings. The Balaban J connectivity index is 1.94. The van der Waals surface area contributed by atoms with Crippen molar-refractivity contribution >= 4 is 5.91 Å². The van der Waals surface area contributed by atoms with E-state index in [-0.39, 0.29) is 5.91 Å². The fraction of sp³-hybridized carbons (Fsp3) is 0.412. The van der Waals surface area contributed by atoms with Crippen LogP contribution in [0.1, 0.15) is 51.5 Å². The minimum atomic E-state index is -0.374. The van der Waals surface area contributed by atoms with Crippen LogP contribution in [0.5, 0.6) is 0 Å². The number of aryl methyl sites for hydroxylation is 3. The van der Waals surface area contributed by atoms with Crippen LogP contribution in [0.3, 0.4) is 0 Å². The van der Waals surface area contributed by atoms with Crippen molar-refractivity contribution in [1.82, 2.24) is 9.55 Å². The second-order valence-electron chi connectivity index (χ2n) is 5.85. The van der Waals surface area contributed by atoms with Gasteiger partial charge in [0.1, 0.15) is 5.82 Å². The fourth-order valence-corrected chi connectivity index (χ4v) is 3.14. The molecule has 1 aromatic carbocycles. The van der Waals surface area contributed by atoms with Crippen molar-refractivity contribution in [3.63, 3.8) is 0 Å². The van der Waals surface area contributed by atoms with E-state index in [0.717, 1.165) is 30.8 Å². The predicted molar refractivity (Wildman–Crippen MR) is 82.4 cm³/mol. The smallest absolute Gasteiger partial charge is 0.248 e. The number of primary amides is 1. The van der Waals surface area contributed by atoms with Gasteiger partial charge in [-0.3, -0.25) is 4.79 Å². The number of hydrogen-bond acceptors (Lipinski definition) is 2. The van der Waals surface area contributed by atoms with E-state index >= 15 is 0 Å². The number of rotatable bonds is 3. The maximum atomic E-state index is 11.2. The molecule has 0 unspecified atom stereocenters. The molecule has 0 fully saturated rings. The summed E-state index contributed by atoms with van der Waals surface area (Å²) >= 11 is 0. The molecule has 110 valence electrons. The molecule has 3 rings (SSSR count). The standard InChI is InChI=1S/C17H21N3O/c1-11-9-13(17(18)21)7-8-14(11)10-20-12(2)19-15-5-3-4-6-16(15)20/h7-9H,3-6,10H2,1-2H3,(H2,18,21). The van der Waals surface area contributed by atoms with Gasteiger partial charge in [0, 0.05) is 17.8 Å². The first-order chi connectivity index (χ1) is 10.1. The SMILES string of the molecule is Cc1cc(C(N)=O)ccc1Cn1c(C)nc2c1CCCC2. The number of nitrogens with two attached hydrogens (primary N) is 1. The van der Waals surface area contributed by atoms with Gasteiger partial charge in [0.25, 0.3) is 0 Å². The van der Waals surface area contributed by atoms with E-state index in [1.54, 1.807) is 0 Å². The van der Waals surface area contributed by atoms with Crippen molar-refractivity contribution < 1.29 is 4.79 Å². The lowest BCUT2D eigenvalue weighted by Crippen LogP contribution is -2.13. The summed E-state index contributed by atoms with van der Waals surface area (Å²) in [7, 11) is 0. The number of aromatic nitrogens is 2. The van der Waals surface area contributed by atoms with Crippen molar-refractivity contribution in [2.75, 3.05) is 0 Å². The van der Waals surface area contributed by atoms with Gasteiger partial charge in [0.2, 0.25) is 5.91 Å². The summed E-state index contributed by atoms with van der Waals surface area (Å²) in [4.78, 5) is 15.9. The number of benzene rings is 1. The molecule has 0 atom stereocenters. The molecular weight excluding hydrogens is 262 g/mol. The molecule has 1 aromatic heterocycles. The Morgan fingerprint density at radius 3 is 2.76 bits per heavy atom. The summed E-state index contributed by atoms with van der Waals surface area (Å²) in [5.74, 6) is 0.709. The van der Waals surface area contributed by atoms with Crippen LogP contribution in [-0.4, -0.2) is 15.5 Å². The maximum absolute atomic E-state index is 11.2. The van der Waals surface area contributed by atoms with Gasteiger partial charge in [0.15, 0.2) is 0 Å². The summed E-state index contributed by atoms with van der Waals surface area (Å²) in [6, 6.07) is 5.68. The fourth-order valence-electron chi connectivity index (χ4n) is 3.14. The molecule has 1 amide bonds. The highest BCUT2D eigenvalue weighted by molar-refractivity contribution is 5.93. The van der Waals surface area contributed by atoms with E-state index in [2.05, 4.69) is 11.5 Å². The first-order valence-electron chi connectivity index (χ1n) is 7.50. The van der Waals surface area contributed by atoms with E-state index in [1.165, 1.54) is 29.8 Å². The second-order valence-corrected chi connectivity index (χ2v) is 5.85. The number of imidazole rings is 1. The van der Waals surface area contributed by atoms with Gasteiger partial charge in [-0.05, 0) is 62.8 Å². The van der Waals surface area contributed by atoms with Gasteiger partial charge >= 0.3 is 0 Å². The molecular formula is C17H21N3O. The molecule has 0 spiro atoms. The molecule has 0 radical (unpaired) electrons. The van der Waals surface area contributed by atoms with Gasteiger partial charge in [-0.25, -0.2) is 4.98 Å². The Morgan fingerprint density at radius 2 is 2.05 bits per heavy atom. The zero-order valence-corrected chi connectivity index (χ0v) is 12.6. The van der Waals surface area contributed by atoms with Crippen LogP contribution >= 0.6 is 0 Å². The molecule has 0 bridgehead atoms. The van der Waals surface area contributed by atoms with Crippen LogP contribution in [0.25, 0.3) is 0 Å². The van der Waals surface area contributed by atoms with E-state index < -0.39 is 0 Å². The maximum Gasteiger partial charge on any atom is 0.248 e. The van der Waals surface area contributed by atoms with E-state index in [9.17, 15) is 4.79 Å². The zero-order chi connectivity index (χ0) is 15.0. The summed E-state index contributed by atoms with van der Waals surface area (Å²) in [5.41, 5.74) is 10.9. The third kappa shape index (κ3) is 2.58. The summed E-state index contributed by atoms with van der Waals surface area (Å²) in [6.45, 7) is 4.92. The first kappa shape index (κ1) is 13.9. The molecule has 1 aliphatic carbocycles. The highest BCUT2D eigenvalue weighted by Gasteiger charge is 2.18. The number of carbonyl (C=O) groups excluding carboxylic acids is 1. The molecule has 21 heavy (non-hydrogen) atoms. The largest absolute Gasteiger partial charge is 0.366 e. The topological polar surface area (TPSA) is 60.9 Å². The third-order valence-corrected chi connectivity index (χ3v) is 4.38. The molecule has 4 heteroatoms. The van der Waals surface area contributed by atoms with Crippen molar-refractivity contribution in [2.24, 2.45) is 5.73 Å². The average Bonchev–Trinajstić information content (AvgIpc) is 2.77. The quantitative estimate of drug-likeness (QED) is 0.941. The van der Waals surface area contributed by atoms with Crippen LogP contribution in [0.15, 0.2) is 18.2 Å². The number of hydrogen-bond donors (Lipinski definition) is 1. The highest BCUT2D eigenvalue weighted by atomic mass is 16.1. The second kappa shape index (κ2) is 5.35. The number of amides is 1. The van der Waals surface area contributed by atoms with E-state index in [0.29, 0.717) is 5.56 Å². The number of fused-ring (bicyclic) bond motifs is 1. The van der Waals surface area contributed by atoms with E-state index in [1.807, 2.05) is 25.1 Å². The van der Waals surface area contributed by atoms with Gasteiger partial charge in [-0.2, -0.15) is 0 Å².